The smallest absolute Gasteiger partial charge is 0.240 e. The molecule has 1 aliphatic carbocycles. The van der Waals surface area contributed by atoms with Crippen molar-refractivity contribution in [1.82, 2.24) is 9.99 Å². The van der Waals surface area contributed by atoms with Crippen molar-refractivity contribution in [3.05, 3.63) is 114 Å². The lowest BCUT2D eigenvalue weighted by molar-refractivity contribution is -0.131. The van der Waals surface area contributed by atoms with Crippen molar-refractivity contribution in [2.24, 2.45) is 10.7 Å². The van der Waals surface area contributed by atoms with Crippen molar-refractivity contribution >= 4 is 39.7 Å². The summed E-state index contributed by atoms with van der Waals surface area (Å²) >= 11 is 0. The Morgan fingerprint density at radius 3 is 2.27 bits per heavy atom. The van der Waals surface area contributed by atoms with Gasteiger partial charge in [0.1, 0.15) is 22.7 Å². The minimum Gasteiger partial charge on any atom is -0.457 e. The van der Waals surface area contributed by atoms with Gasteiger partial charge in [-0.1, -0.05) is 12.1 Å². The predicted molar refractivity (Wildman–Crippen MR) is 153 cm³/mol. The second-order valence-electron chi connectivity index (χ2n) is 9.88. The Labute approximate surface area is 234 Å². The molecular formula is C31H24FN5O4. The Morgan fingerprint density at radius 2 is 1.61 bits per heavy atom. The first-order valence-corrected chi connectivity index (χ1v) is 13.0. The van der Waals surface area contributed by atoms with Crippen molar-refractivity contribution in [2.45, 2.75) is 12.8 Å². The van der Waals surface area contributed by atoms with Gasteiger partial charge in [0.25, 0.3) is 0 Å². The van der Waals surface area contributed by atoms with Crippen LogP contribution in [0.5, 0.6) is 11.5 Å². The lowest BCUT2D eigenvalue weighted by atomic mass is 10.0. The Hall–Kier alpha value is -5.38. The van der Waals surface area contributed by atoms with Crippen LogP contribution < -0.4 is 15.4 Å². The molecule has 41 heavy (non-hydrogen) atoms. The number of anilines is 2. The molecule has 204 valence electrons. The molecule has 0 atom stereocenters. The van der Waals surface area contributed by atoms with Gasteiger partial charge < -0.3 is 15.4 Å². The van der Waals surface area contributed by atoms with Gasteiger partial charge in [-0.25, -0.2) is 9.40 Å². The number of halogens is 1. The number of allylic oxidation sites excluding steroid dienone is 2. The number of benzene rings is 3. The number of ether oxygens (including phenoxy) is 1. The zero-order chi connectivity index (χ0) is 28.4. The number of rotatable bonds is 8. The first kappa shape index (κ1) is 25.9. The number of carbonyl (C=O) groups excluding carboxylic acids is 2. The molecule has 0 radical (unpaired) electrons. The van der Waals surface area contributed by atoms with Gasteiger partial charge in [-0.05, 0) is 96.8 Å². The highest BCUT2D eigenvalue weighted by Gasteiger charge is 2.56. The highest BCUT2D eigenvalue weighted by molar-refractivity contribution is 6.16. The Bertz CT molecular complexity index is 1710. The van der Waals surface area contributed by atoms with Crippen LogP contribution in [0.25, 0.3) is 16.5 Å². The number of nitroso groups, excluding NO2 is 1. The van der Waals surface area contributed by atoms with Crippen LogP contribution in [0.3, 0.4) is 0 Å². The molecule has 2 aliphatic rings. The van der Waals surface area contributed by atoms with Crippen LogP contribution >= 0.6 is 0 Å². The number of carbonyl (C=O) groups is 2. The average molecular weight is 550 g/mol. The fraction of sp³-hybridized carbons (Fsp3) is 0.129. The first-order chi connectivity index (χ1) is 19.9. The second-order valence-corrected chi connectivity index (χ2v) is 9.88. The fourth-order valence-electron chi connectivity index (χ4n) is 4.64. The van der Waals surface area contributed by atoms with E-state index in [2.05, 4.69) is 20.9 Å². The first-order valence-electron chi connectivity index (χ1n) is 13.0. The summed E-state index contributed by atoms with van der Waals surface area (Å²) in [6, 6.07) is 19.9. The van der Waals surface area contributed by atoms with Gasteiger partial charge in [0.2, 0.25) is 11.8 Å². The van der Waals surface area contributed by atoms with E-state index in [1.807, 2.05) is 24.3 Å². The molecule has 0 spiro atoms. The van der Waals surface area contributed by atoms with Crippen molar-refractivity contribution < 1.29 is 18.7 Å². The highest BCUT2D eigenvalue weighted by Crippen LogP contribution is 2.47. The molecule has 1 aromatic heterocycles. The molecule has 2 heterocycles. The third kappa shape index (κ3) is 5.40. The maximum atomic E-state index is 13.2. The van der Waals surface area contributed by atoms with Gasteiger partial charge in [-0.2, -0.15) is 0 Å². The lowest BCUT2D eigenvalue weighted by Gasteiger charge is -2.17. The van der Waals surface area contributed by atoms with E-state index in [9.17, 15) is 18.9 Å². The summed E-state index contributed by atoms with van der Waals surface area (Å²) in [5.41, 5.74) is 2.42. The minimum atomic E-state index is -1.15. The van der Waals surface area contributed by atoms with Crippen LogP contribution in [-0.2, 0) is 9.59 Å². The van der Waals surface area contributed by atoms with E-state index in [0.29, 0.717) is 42.3 Å². The van der Waals surface area contributed by atoms with Gasteiger partial charge in [0.15, 0.2) is 0 Å². The summed E-state index contributed by atoms with van der Waals surface area (Å²) in [5, 5.41) is 10.6. The van der Waals surface area contributed by atoms with Crippen LogP contribution in [0, 0.1) is 16.1 Å². The number of nitrogens with zero attached hydrogens (tertiary/aromatic N) is 3. The number of fused-ring (bicyclic) bond motifs is 1. The molecule has 1 aliphatic heterocycles. The van der Waals surface area contributed by atoms with Crippen LogP contribution in [0.15, 0.2) is 103 Å². The summed E-state index contributed by atoms with van der Waals surface area (Å²) in [7, 11) is 0. The number of amides is 2. The second kappa shape index (κ2) is 10.6. The van der Waals surface area contributed by atoms with E-state index in [1.54, 1.807) is 48.8 Å². The molecule has 6 rings (SSSR count). The third-order valence-corrected chi connectivity index (χ3v) is 7.13. The summed E-state index contributed by atoms with van der Waals surface area (Å²) in [6.45, 7) is 0.380. The molecule has 2 amide bonds. The predicted octanol–water partition coefficient (Wildman–Crippen LogP) is 6.42. The molecule has 9 nitrogen and oxygen atoms in total. The molecule has 1 saturated carbocycles. The lowest BCUT2D eigenvalue weighted by Crippen LogP contribution is -2.35. The topological polar surface area (TPSA) is 113 Å². The van der Waals surface area contributed by atoms with E-state index in [4.69, 9.17) is 4.74 Å². The standard InChI is InChI=1S/C31H24FN5O4/c32-22-4-6-23(7-5-22)34-29(38)31(14-15-31)30(39)35-24-8-10-25(11-9-24)41-28-13-16-33-27-18-20(3-12-26(27)28)21-2-1-17-37(19-21)36-40/h1-13,16-18H,14-15,19H2,(H,34,38)(H,35,39). The van der Waals surface area contributed by atoms with E-state index >= 15 is 0 Å². The quantitative estimate of drug-likeness (QED) is 0.194. The molecule has 0 saturated heterocycles. The molecule has 2 N–H and O–H groups in total. The third-order valence-electron chi connectivity index (χ3n) is 7.13. The molecular weight excluding hydrogens is 525 g/mol. The monoisotopic (exact) mass is 549 g/mol. The van der Waals surface area contributed by atoms with Crippen LogP contribution in [0.4, 0.5) is 15.8 Å². The van der Waals surface area contributed by atoms with E-state index in [-0.39, 0.29) is 0 Å². The van der Waals surface area contributed by atoms with Gasteiger partial charge in [0, 0.05) is 29.2 Å². The number of hydrogen-bond donors (Lipinski definition) is 2. The van der Waals surface area contributed by atoms with Crippen LogP contribution in [0.1, 0.15) is 18.4 Å². The molecule has 1 fully saturated rings. The van der Waals surface area contributed by atoms with Crippen molar-refractivity contribution in [1.29, 1.82) is 0 Å². The number of aromatic nitrogens is 1. The molecule has 10 heteroatoms. The maximum Gasteiger partial charge on any atom is 0.240 e. The number of hydrogen-bond acceptors (Lipinski definition) is 6. The van der Waals surface area contributed by atoms with E-state index in [1.165, 1.54) is 29.3 Å². The summed E-state index contributed by atoms with van der Waals surface area (Å²) in [5.74, 6) is -0.0401. The van der Waals surface area contributed by atoms with Crippen molar-refractivity contribution in [3.63, 3.8) is 0 Å². The van der Waals surface area contributed by atoms with Gasteiger partial charge >= 0.3 is 0 Å². The summed E-state index contributed by atoms with van der Waals surface area (Å²) in [4.78, 5) is 41.2. The molecule has 0 unspecified atom stereocenters. The number of nitrogens with one attached hydrogen (secondary N) is 2. The van der Waals surface area contributed by atoms with Gasteiger partial charge in [0.05, 0.1) is 17.3 Å². The van der Waals surface area contributed by atoms with Gasteiger partial charge in [-0.3, -0.25) is 14.6 Å². The van der Waals surface area contributed by atoms with E-state index < -0.39 is 23.0 Å². The normalized spacial score (nSPS) is 15.1. The zero-order valence-corrected chi connectivity index (χ0v) is 21.7. The molecule has 3 aromatic carbocycles. The van der Waals surface area contributed by atoms with E-state index in [0.717, 1.165) is 22.0 Å². The molecule has 0 bridgehead atoms. The zero-order valence-electron chi connectivity index (χ0n) is 21.7. The number of pyridine rings is 1. The van der Waals surface area contributed by atoms with Gasteiger partial charge in [-0.15, -0.1) is 4.91 Å². The summed E-state index contributed by atoms with van der Waals surface area (Å²) < 4.78 is 19.3. The Morgan fingerprint density at radius 1 is 0.927 bits per heavy atom. The van der Waals surface area contributed by atoms with Crippen molar-refractivity contribution in [2.75, 3.05) is 17.2 Å². The maximum absolute atomic E-state index is 13.2. The average Bonchev–Trinajstić information content (AvgIpc) is 3.82. The van der Waals surface area contributed by atoms with Crippen LogP contribution in [0.2, 0.25) is 0 Å². The van der Waals surface area contributed by atoms with Crippen LogP contribution in [-0.4, -0.2) is 28.4 Å². The highest BCUT2D eigenvalue weighted by atomic mass is 19.1. The summed E-state index contributed by atoms with van der Waals surface area (Å²) in [6.07, 6.45) is 7.86. The molecule has 4 aromatic rings. The van der Waals surface area contributed by atoms with Crippen molar-refractivity contribution in [3.8, 4) is 11.5 Å². The Balaban J connectivity index is 1.12. The largest absolute Gasteiger partial charge is 0.457 e. The fourth-order valence-corrected chi connectivity index (χ4v) is 4.64. The minimum absolute atomic E-state index is 0.380. The Kier molecular flexibility index (Phi) is 6.72. The SMILES string of the molecule is O=NN1C=CC=C(c2ccc3c(Oc4ccc(NC(=O)C5(C(=O)Nc6ccc(F)cc6)CC5)cc4)ccnc3c2)C1.